The Bertz CT molecular complexity index is 374. The Balaban J connectivity index is 3.21. The highest BCUT2D eigenvalue weighted by Crippen LogP contribution is 2.29. The normalized spacial score (nSPS) is 14.9. The summed E-state index contributed by atoms with van der Waals surface area (Å²) in [6.07, 6.45) is 0. The van der Waals surface area contributed by atoms with Crippen LogP contribution in [0.4, 0.5) is 4.39 Å². The molecule has 0 heterocycles. The Morgan fingerprint density at radius 1 is 1.57 bits per heavy atom. The number of halogens is 2. The quantitative estimate of drug-likeness (QED) is 0.826. The number of carbonyl (C=O) groups is 1. The molecule has 0 aromatic heterocycles. The van der Waals surface area contributed by atoms with Crippen molar-refractivity contribution in [1.29, 1.82) is 0 Å². The first-order chi connectivity index (χ1) is 6.35. The Hall–Kier alpha value is -1.09. The maximum atomic E-state index is 13.6. The smallest absolute Gasteiger partial charge is 0.345 e. The van der Waals surface area contributed by atoms with Crippen molar-refractivity contribution in [2.45, 2.75) is 19.5 Å². The van der Waals surface area contributed by atoms with Crippen molar-refractivity contribution in [3.8, 4) is 0 Å². The van der Waals surface area contributed by atoms with Gasteiger partial charge in [0, 0.05) is 10.6 Å². The van der Waals surface area contributed by atoms with Crippen LogP contribution in [0.25, 0.3) is 0 Å². The average molecular weight is 217 g/mol. The molecule has 4 heteroatoms. The lowest BCUT2D eigenvalue weighted by molar-refractivity contribution is -0.150. The molecule has 1 atom stereocenters. The minimum absolute atomic E-state index is 0.0561. The Labute approximate surface area is 86.3 Å². The van der Waals surface area contributed by atoms with E-state index in [0.29, 0.717) is 5.02 Å². The maximum Gasteiger partial charge on any atom is 0.345 e. The molecule has 76 valence electrons. The maximum absolute atomic E-state index is 13.6. The number of hydrogen-bond donors (Lipinski definition) is 1. The number of aryl methyl sites for hydroxylation is 1. The lowest BCUT2D eigenvalue weighted by Crippen LogP contribution is -2.26. The zero-order valence-corrected chi connectivity index (χ0v) is 8.60. The number of alkyl halides is 1. The van der Waals surface area contributed by atoms with Gasteiger partial charge in [0.25, 0.3) is 0 Å². The lowest BCUT2D eigenvalue weighted by atomic mass is 9.97. The molecule has 1 aromatic rings. The number of benzene rings is 1. The number of hydrogen-bond acceptors (Lipinski definition) is 1. The van der Waals surface area contributed by atoms with Crippen LogP contribution >= 0.6 is 11.6 Å². The predicted octanol–water partition coefficient (Wildman–Crippen LogP) is 2.92. The fraction of sp³-hybridized carbons (Fsp3) is 0.300. The van der Waals surface area contributed by atoms with Gasteiger partial charge in [-0.15, -0.1) is 0 Å². The molecule has 0 aliphatic rings. The molecule has 14 heavy (non-hydrogen) atoms. The Morgan fingerprint density at radius 2 is 2.14 bits per heavy atom. The summed E-state index contributed by atoms with van der Waals surface area (Å²) in [5.74, 6) is -1.52. The molecule has 0 aliphatic heterocycles. The second kappa shape index (κ2) is 3.58. The van der Waals surface area contributed by atoms with E-state index in [9.17, 15) is 9.18 Å². The van der Waals surface area contributed by atoms with E-state index in [1.807, 2.05) is 0 Å². The Kier molecular flexibility index (Phi) is 2.81. The largest absolute Gasteiger partial charge is 0.479 e. The summed E-state index contributed by atoms with van der Waals surface area (Å²) in [6, 6.07) is 4.36. The number of carboxylic acid groups (broad SMARTS) is 1. The number of carboxylic acids is 1. The van der Waals surface area contributed by atoms with E-state index < -0.39 is 11.6 Å². The third kappa shape index (κ3) is 1.87. The summed E-state index contributed by atoms with van der Waals surface area (Å²) < 4.78 is 13.6. The second-order valence-electron chi connectivity index (χ2n) is 3.27. The fourth-order valence-corrected chi connectivity index (χ4v) is 1.19. The van der Waals surface area contributed by atoms with Crippen LogP contribution in [0.1, 0.15) is 18.1 Å². The van der Waals surface area contributed by atoms with E-state index >= 15 is 0 Å². The lowest BCUT2D eigenvalue weighted by Gasteiger charge is -2.15. The molecule has 2 nitrogen and oxygen atoms in total. The van der Waals surface area contributed by atoms with Gasteiger partial charge in [-0.2, -0.15) is 0 Å². The van der Waals surface area contributed by atoms with Crippen molar-refractivity contribution >= 4 is 17.6 Å². The van der Waals surface area contributed by atoms with Crippen molar-refractivity contribution in [2.24, 2.45) is 0 Å². The highest BCUT2D eigenvalue weighted by molar-refractivity contribution is 6.31. The third-order valence-electron chi connectivity index (χ3n) is 2.12. The van der Waals surface area contributed by atoms with Crippen LogP contribution in [-0.2, 0) is 10.5 Å². The van der Waals surface area contributed by atoms with Gasteiger partial charge in [0.15, 0.2) is 0 Å². The molecular formula is C10H10ClFO2. The molecule has 0 bridgehead atoms. The summed E-state index contributed by atoms with van der Waals surface area (Å²) in [5.41, 5.74) is -1.55. The standard InChI is InChI=1S/C10H10ClFO2/c1-6-3-4-7(5-8(6)11)10(2,12)9(13)14/h3-5H,1-2H3,(H,13,14). The molecule has 0 fully saturated rings. The first-order valence-electron chi connectivity index (χ1n) is 4.04. The molecule has 0 radical (unpaired) electrons. The first-order valence-corrected chi connectivity index (χ1v) is 4.42. The Morgan fingerprint density at radius 3 is 2.57 bits per heavy atom. The van der Waals surface area contributed by atoms with Crippen molar-refractivity contribution < 1.29 is 14.3 Å². The SMILES string of the molecule is Cc1ccc(C(C)(F)C(=O)O)cc1Cl. The van der Waals surface area contributed by atoms with Crippen LogP contribution in [0.2, 0.25) is 5.02 Å². The summed E-state index contributed by atoms with van der Waals surface area (Å²) in [4.78, 5) is 10.6. The van der Waals surface area contributed by atoms with Crippen LogP contribution in [0, 0.1) is 6.92 Å². The number of rotatable bonds is 2. The molecule has 1 unspecified atom stereocenters. The van der Waals surface area contributed by atoms with E-state index in [1.165, 1.54) is 12.1 Å². The summed E-state index contributed by atoms with van der Waals surface area (Å²) in [7, 11) is 0. The van der Waals surface area contributed by atoms with Crippen molar-refractivity contribution in [3.05, 3.63) is 34.3 Å². The van der Waals surface area contributed by atoms with Crippen LogP contribution in [0.3, 0.4) is 0 Å². The fourth-order valence-electron chi connectivity index (χ4n) is 1.01. The van der Waals surface area contributed by atoms with E-state index in [1.54, 1.807) is 13.0 Å². The van der Waals surface area contributed by atoms with Crippen molar-refractivity contribution in [3.63, 3.8) is 0 Å². The monoisotopic (exact) mass is 216 g/mol. The first kappa shape index (κ1) is 11.0. The molecule has 0 spiro atoms. The molecule has 1 rings (SSSR count). The van der Waals surface area contributed by atoms with Crippen LogP contribution in [0.5, 0.6) is 0 Å². The highest BCUT2D eigenvalue weighted by Gasteiger charge is 2.35. The molecule has 0 aliphatic carbocycles. The zero-order valence-electron chi connectivity index (χ0n) is 7.84. The van der Waals surface area contributed by atoms with Gasteiger partial charge in [0.2, 0.25) is 5.67 Å². The van der Waals surface area contributed by atoms with Crippen LogP contribution in [0.15, 0.2) is 18.2 Å². The van der Waals surface area contributed by atoms with E-state index in [4.69, 9.17) is 16.7 Å². The molecule has 0 saturated carbocycles. The van der Waals surface area contributed by atoms with Crippen molar-refractivity contribution in [2.75, 3.05) is 0 Å². The third-order valence-corrected chi connectivity index (χ3v) is 2.52. The van der Waals surface area contributed by atoms with Gasteiger partial charge in [0.1, 0.15) is 0 Å². The van der Waals surface area contributed by atoms with E-state index in [-0.39, 0.29) is 5.56 Å². The van der Waals surface area contributed by atoms with Crippen LogP contribution in [-0.4, -0.2) is 11.1 Å². The van der Waals surface area contributed by atoms with Gasteiger partial charge in [0.05, 0.1) is 0 Å². The number of aliphatic carboxylic acids is 1. The van der Waals surface area contributed by atoms with Crippen LogP contribution < -0.4 is 0 Å². The van der Waals surface area contributed by atoms with Gasteiger partial charge in [-0.3, -0.25) is 0 Å². The summed E-state index contributed by atoms with van der Waals surface area (Å²) in [5, 5.41) is 9.00. The zero-order chi connectivity index (χ0) is 10.9. The molecular weight excluding hydrogens is 207 g/mol. The predicted molar refractivity (Wildman–Crippen MR) is 52.3 cm³/mol. The van der Waals surface area contributed by atoms with E-state index in [2.05, 4.69) is 0 Å². The highest BCUT2D eigenvalue weighted by atomic mass is 35.5. The van der Waals surface area contributed by atoms with Gasteiger partial charge in [-0.05, 0) is 25.5 Å². The van der Waals surface area contributed by atoms with Gasteiger partial charge in [-0.25, -0.2) is 9.18 Å². The minimum Gasteiger partial charge on any atom is -0.479 e. The molecule has 0 amide bonds. The van der Waals surface area contributed by atoms with Gasteiger partial charge >= 0.3 is 5.97 Å². The van der Waals surface area contributed by atoms with Gasteiger partial charge in [-0.1, -0.05) is 23.7 Å². The topological polar surface area (TPSA) is 37.3 Å². The molecule has 1 N–H and O–H groups in total. The minimum atomic E-state index is -2.39. The molecule has 0 saturated heterocycles. The van der Waals surface area contributed by atoms with Crippen molar-refractivity contribution in [1.82, 2.24) is 0 Å². The average Bonchev–Trinajstić information content (AvgIpc) is 2.09. The van der Waals surface area contributed by atoms with Gasteiger partial charge < -0.3 is 5.11 Å². The molecule has 1 aromatic carbocycles. The van der Waals surface area contributed by atoms with E-state index in [0.717, 1.165) is 12.5 Å². The summed E-state index contributed by atoms with van der Waals surface area (Å²) >= 11 is 5.76. The second-order valence-corrected chi connectivity index (χ2v) is 3.68. The summed E-state index contributed by atoms with van der Waals surface area (Å²) in [6.45, 7) is 2.76.